The Labute approximate surface area is 171 Å². The van der Waals surface area contributed by atoms with E-state index in [2.05, 4.69) is 30.5 Å². The van der Waals surface area contributed by atoms with E-state index in [0.717, 1.165) is 49.9 Å². The molecule has 4 rings (SSSR count). The molecule has 158 valence electrons. The molecule has 9 nitrogen and oxygen atoms in total. The molecule has 0 bridgehead atoms. The molecule has 2 aromatic rings. The van der Waals surface area contributed by atoms with Gasteiger partial charge in [0.15, 0.2) is 17.3 Å². The van der Waals surface area contributed by atoms with E-state index in [0.29, 0.717) is 5.82 Å². The number of fused-ring (bicyclic) bond motifs is 2. The number of hydrogen-bond acceptors (Lipinski definition) is 7. The fourth-order valence-electron chi connectivity index (χ4n) is 3.79. The average Bonchev–Trinajstić information content (AvgIpc) is 3.22. The first-order valence-corrected chi connectivity index (χ1v) is 11.7. The monoisotopic (exact) mass is 421 g/mol. The molecule has 29 heavy (non-hydrogen) atoms. The highest BCUT2D eigenvalue weighted by atomic mass is 32.2. The summed E-state index contributed by atoms with van der Waals surface area (Å²) in [6.07, 6.45) is 1.94. The Morgan fingerprint density at radius 3 is 2.69 bits per heavy atom. The molecule has 3 heterocycles. The van der Waals surface area contributed by atoms with Crippen molar-refractivity contribution in [2.45, 2.75) is 39.4 Å². The van der Waals surface area contributed by atoms with Crippen LogP contribution < -0.4 is 14.2 Å². The van der Waals surface area contributed by atoms with E-state index in [-0.39, 0.29) is 12.7 Å². The molecule has 2 aliphatic heterocycles. The van der Waals surface area contributed by atoms with Crippen molar-refractivity contribution in [3.63, 3.8) is 0 Å². The molecule has 1 aromatic heterocycles. The van der Waals surface area contributed by atoms with Crippen molar-refractivity contribution < 1.29 is 17.9 Å². The summed E-state index contributed by atoms with van der Waals surface area (Å²) in [5, 5.41) is 8.68. The van der Waals surface area contributed by atoms with Crippen LogP contribution in [-0.2, 0) is 29.5 Å². The van der Waals surface area contributed by atoms with Gasteiger partial charge in [0.05, 0.1) is 12.3 Å². The first kappa shape index (κ1) is 20.1. The lowest BCUT2D eigenvalue weighted by molar-refractivity contribution is 0.174. The zero-order valence-corrected chi connectivity index (χ0v) is 17.8. The van der Waals surface area contributed by atoms with Crippen LogP contribution >= 0.6 is 0 Å². The second-order valence-electron chi connectivity index (χ2n) is 7.95. The minimum atomic E-state index is -3.35. The van der Waals surface area contributed by atoms with Crippen LogP contribution in [0.2, 0.25) is 0 Å². The molecular formula is C19H27N5O4S. The molecule has 1 N–H and O–H groups in total. The zero-order chi connectivity index (χ0) is 20.6. The SMILES string of the molecule is CC(C)[C@@H](NS(C)(=O)=O)c1nnc2n1CCN(Cc1ccc3c(c1)OCO3)CC2. The van der Waals surface area contributed by atoms with Crippen molar-refractivity contribution >= 4 is 10.0 Å². The predicted octanol–water partition coefficient (Wildman–Crippen LogP) is 1.31. The van der Waals surface area contributed by atoms with E-state index < -0.39 is 16.1 Å². The minimum absolute atomic E-state index is 0.0611. The summed E-state index contributed by atoms with van der Waals surface area (Å²) in [7, 11) is -3.35. The Morgan fingerprint density at radius 1 is 1.14 bits per heavy atom. The molecular weight excluding hydrogens is 394 g/mol. The smallest absolute Gasteiger partial charge is 0.231 e. The first-order chi connectivity index (χ1) is 13.8. The van der Waals surface area contributed by atoms with Crippen molar-refractivity contribution in [1.82, 2.24) is 24.4 Å². The summed E-state index contributed by atoms with van der Waals surface area (Å²) in [5.74, 6) is 3.23. The number of ether oxygens (including phenoxy) is 2. The van der Waals surface area contributed by atoms with Gasteiger partial charge in [-0.1, -0.05) is 19.9 Å². The van der Waals surface area contributed by atoms with Crippen molar-refractivity contribution in [2.75, 3.05) is 26.1 Å². The lowest BCUT2D eigenvalue weighted by Gasteiger charge is -2.22. The number of nitrogens with zero attached hydrogens (tertiary/aromatic N) is 4. The Kier molecular flexibility index (Phi) is 5.50. The van der Waals surface area contributed by atoms with Gasteiger partial charge in [-0.3, -0.25) is 4.90 Å². The van der Waals surface area contributed by atoms with Gasteiger partial charge in [0, 0.05) is 32.6 Å². The third kappa shape index (κ3) is 4.54. The van der Waals surface area contributed by atoms with Gasteiger partial charge in [0.2, 0.25) is 16.8 Å². The number of nitrogens with one attached hydrogen (secondary N) is 1. The molecule has 1 atom stereocenters. The van der Waals surface area contributed by atoms with E-state index in [1.807, 2.05) is 26.0 Å². The van der Waals surface area contributed by atoms with Crippen molar-refractivity contribution in [3.8, 4) is 11.5 Å². The zero-order valence-electron chi connectivity index (χ0n) is 17.0. The van der Waals surface area contributed by atoms with Gasteiger partial charge < -0.3 is 14.0 Å². The van der Waals surface area contributed by atoms with E-state index in [9.17, 15) is 8.42 Å². The largest absolute Gasteiger partial charge is 0.454 e. The van der Waals surface area contributed by atoms with Crippen molar-refractivity contribution in [2.24, 2.45) is 5.92 Å². The Balaban J connectivity index is 1.48. The molecule has 0 amide bonds. The van der Waals surface area contributed by atoms with Crippen molar-refractivity contribution in [1.29, 1.82) is 0 Å². The highest BCUT2D eigenvalue weighted by molar-refractivity contribution is 7.88. The van der Waals surface area contributed by atoms with Crippen LogP contribution in [0.4, 0.5) is 0 Å². The van der Waals surface area contributed by atoms with Crippen LogP contribution in [-0.4, -0.2) is 54.2 Å². The topological polar surface area (TPSA) is 98.6 Å². The minimum Gasteiger partial charge on any atom is -0.454 e. The molecule has 2 aliphatic rings. The van der Waals surface area contributed by atoms with Crippen LogP contribution in [0.15, 0.2) is 18.2 Å². The predicted molar refractivity (Wildman–Crippen MR) is 107 cm³/mol. The lowest BCUT2D eigenvalue weighted by Crippen LogP contribution is -2.33. The number of aromatic nitrogens is 3. The molecule has 0 saturated heterocycles. The second-order valence-corrected chi connectivity index (χ2v) is 9.73. The summed E-state index contributed by atoms with van der Waals surface area (Å²) >= 11 is 0. The molecule has 0 unspecified atom stereocenters. The number of sulfonamides is 1. The van der Waals surface area contributed by atoms with Gasteiger partial charge >= 0.3 is 0 Å². The molecule has 10 heteroatoms. The Hall–Kier alpha value is -2.17. The molecule has 1 aromatic carbocycles. The van der Waals surface area contributed by atoms with Gasteiger partial charge in [-0.25, -0.2) is 13.1 Å². The lowest BCUT2D eigenvalue weighted by atomic mass is 10.1. The molecule has 0 aliphatic carbocycles. The molecule has 0 spiro atoms. The highest BCUT2D eigenvalue weighted by Crippen LogP contribution is 2.33. The van der Waals surface area contributed by atoms with E-state index in [1.54, 1.807) is 0 Å². The van der Waals surface area contributed by atoms with Crippen LogP contribution in [0, 0.1) is 5.92 Å². The summed E-state index contributed by atoms with van der Waals surface area (Å²) in [5.41, 5.74) is 1.17. The highest BCUT2D eigenvalue weighted by Gasteiger charge is 2.28. The van der Waals surface area contributed by atoms with Crippen molar-refractivity contribution in [3.05, 3.63) is 35.4 Å². The molecule has 0 radical (unpaired) electrons. The normalized spacial score (nSPS) is 17.9. The quantitative estimate of drug-likeness (QED) is 0.751. The van der Waals surface area contributed by atoms with Gasteiger partial charge in [-0.15, -0.1) is 10.2 Å². The van der Waals surface area contributed by atoms with Gasteiger partial charge in [-0.2, -0.15) is 0 Å². The third-order valence-corrected chi connectivity index (χ3v) is 5.96. The van der Waals surface area contributed by atoms with Crippen LogP contribution in [0.5, 0.6) is 11.5 Å². The maximum absolute atomic E-state index is 11.8. The number of hydrogen-bond donors (Lipinski definition) is 1. The van der Waals surface area contributed by atoms with E-state index in [1.165, 1.54) is 11.8 Å². The summed E-state index contributed by atoms with van der Waals surface area (Å²) in [6.45, 7) is 7.45. The fourth-order valence-corrected chi connectivity index (χ4v) is 4.63. The number of benzene rings is 1. The third-order valence-electron chi connectivity index (χ3n) is 5.28. The van der Waals surface area contributed by atoms with Gasteiger partial charge in [0.1, 0.15) is 5.82 Å². The number of rotatable bonds is 6. The van der Waals surface area contributed by atoms with Crippen LogP contribution in [0.25, 0.3) is 0 Å². The fraction of sp³-hybridized carbons (Fsp3) is 0.579. The second kappa shape index (κ2) is 7.92. The average molecular weight is 422 g/mol. The van der Waals surface area contributed by atoms with Crippen LogP contribution in [0.3, 0.4) is 0 Å². The first-order valence-electron chi connectivity index (χ1n) is 9.80. The molecule has 0 fully saturated rings. The Morgan fingerprint density at radius 2 is 1.93 bits per heavy atom. The summed E-state index contributed by atoms with van der Waals surface area (Å²) in [6, 6.07) is 5.65. The Bertz CT molecular complexity index is 988. The summed E-state index contributed by atoms with van der Waals surface area (Å²) < 4.78 is 39.3. The standard InChI is InChI=1S/C19H27N5O4S/c1-13(2)18(22-29(3,25)26)19-21-20-17-6-7-23(8-9-24(17)19)11-14-4-5-15-16(10-14)28-12-27-15/h4-5,10,13,18,22H,6-9,11-12H2,1-3H3/t18-/m1/s1. The van der Waals surface area contributed by atoms with E-state index in [4.69, 9.17) is 9.47 Å². The van der Waals surface area contributed by atoms with E-state index >= 15 is 0 Å². The molecule has 0 saturated carbocycles. The van der Waals surface area contributed by atoms with Crippen LogP contribution in [0.1, 0.15) is 37.1 Å². The van der Waals surface area contributed by atoms with Gasteiger partial charge in [0.25, 0.3) is 0 Å². The maximum atomic E-state index is 11.8. The maximum Gasteiger partial charge on any atom is 0.231 e. The summed E-state index contributed by atoms with van der Waals surface area (Å²) in [4.78, 5) is 2.37. The van der Waals surface area contributed by atoms with Gasteiger partial charge in [-0.05, 0) is 23.6 Å².